The molecule has 1 unspecified atom stereocenters. The lowest BCUT2D eigenvalue weighted by molar-refractivity contribution is -0.148. The van der Waals surface area contributed by atoms with Crippen molar-refractivity contribution in [1.29, 1.82) is 0 Å². The molecule has 6 heteroatoms. The van der Waals surface area contributed by atoms with E-state index < -0.39 is 23.7 Å². The summed E-state index contributed by atoms with van der Waals surface area (Å²) in [5.41, 5.74) is 1.09. The standard InChI is InChI=1S/C17H22ClNO4/c1-5-22-15(20)12-9-11-10(7-6-8-13(11)18)14(12)19-16(21)23-17(2,3)4/h6-8,12,14H,5,9H2,1-4H3,(H,19,21)/t12-,14?/m1/s1. The molecule has 0 heterocycles. The van der Waals surface area contributed by atoms with Crippen LogP contribution < -0.4 is 5.32 Å². The minimum absolute atomic E-state index is 0.290. The molecule has 0 saturated carbocycles. The number of fused-ring (bicyclic) bond motifs is 1. The smallest absolute Gasteiger partial charge is 0.408 e. The Morgan fingerprint density at radius 3 is 2.65 bits per heavy atom. The molecule has 0 bridgehead atoms. The summed E-state index contributed by atoms with van der Waals surface area (Å²) < 4.78 is 10.4. The zero-order valence-electron chi connectivity index (χ0n) is 13.8. The van der Waals surface area contributed by atoms with E-state index in [0.29, 0.717) is 18.1 Å². The molecule has 1 amide bonds. The van der Waals surface area contributed by atoms with Gasteiger partial charge in [-0.2, -0.15) is 0 Å². The van der Waals surface area contributed by atoms with Gasteiger partial charge in [0.05, 0.1) is 18.6 Å². The predicted octanol–water partition coefficient (Wildman–Crippen LogP) is 3.64. The first-order valence-corrected chi connectivity index (χ1v) is 8.04. The van der Waals surface area contributed by atoms with Crippen LogP contribution in [0.3, 0.4) is 0 Å². The van der Waals surface area contributed by atoms with Crippen LogP contribution in [0.15, 0.2) is 18.2 Å². The average molecular weight is 340 g/mol. The summed E-state index contributed by atoms with van der Waals surface area (Å²) in [5, 5.41) is 3.38. The van der Waals surface area contributed by atoms with Crippen molar-refractivity contribution in [3.05, 3.63) is 34.3 Å². The highest BCUT2D eigenvalue weighted by atomic mass is 35.5. The van der Waals surface area contributed by atoms with Gasteiger partial charge in [-0.05, 0) is 51.3 Å². The summed E-state index contributed by atoms with van der Waals surface area (Å²) in [6.07, 6.45) is -0.126. The first-order valence-electron chi connectivity index (χ1n) is 7.66. The highest BCUT2D eigenvalue weighted by Gasteiger charge is 2.40. The van der Waals surface area contributed by atoms with Crippen molar-refractivity contribution < 1.29 is 19.1 Å². The molecule has 5 nitrogen and oxygen atoms in total. The van der Waals surface area contributed by atoms with Crippen molar-refractivity contribution in [2.75, 3.05) is 6.61 Å². The summed E-state index contributed by atoms with van der Waals surface area (Å²) in [7, 11) is 0. The molecule has 1 aromatic carbocycles. The van der Waals surface area contributed by atoms with Crippen LogP contribution in [0.1, 0.15) is 44.9 Å². The van der Waals surface area contributed by atoms with E-state index in [1.54, 1.807) is 39.8 Å². The molecule has 0 radical (unpaired) electrons. The summed E-state index contributed by atoms with van der Waals surface area (Å²) in [4.78, 5) is 24.4. The molecule has 0 saturated heterocycles. The predicted molar refractivity (Wildman–Crippen MR) is 87.4 cm³/mol. The Morgan fingerprint density at radius 1 is 1.35 bits per heavy atom. The van der Waals surface area contributed by atoms with Gasteiger partial charge in [-0.25, -0.2) is 4.79 Å². The van der Waals surface area contributed by atoms with Crippen LogP contribution in [0.4, 0.5) is 4.79 Å². The Balaban J connectivity index is 2.26. The second-order valence-electron chi connectivity index (χ2n) is 6.49. The van der Waals surface area contributed by atoms with Crippen molar-refractivity contribution in [3.8, 4) is 0 Å². The molecular weight excluding hydrogens is 318 g/mol. The third kappa shape index (κ3) is 4.16. The number of nitrogens with one attached hydrogen (secondary N) is 1. The molecule has 1 aliphatic rings. The number of hydrogen-bond donors (Lipinski definition) is 1. The third-order valence-electron chi connectivity index (χ3n) is 3.58. The van der Waals surface area contributed by atoms with E-state index in [0.717, 1.165) is 11.1 Å². The summed E-state index contributed by atoms with van der Waals surface area (Å²) in [5.74, 6) is -0.849. The first-order chi connectivity index (χ1) is 10.7. The van der Waals surface area contributed by atoms with Crippen LogP contribution in [0.5, 0.6) is 0 Å². The van der Waals surface area contributed by atoms with Crippen molar-refractivity contribution in [2.24, 2.45) is 5.92 Å². The van der Waals surface area contributed by atoms with Crippen LogP contribution in [-0.4, -0.2) is 24.3 Å². The van der Waals surface area contributed by atoms with Crippen LogP contribution in [0.25, 0.3) is 0 Å². The number of rotatable bonds is 3. The quantitative estimate of drug-likeness (QED) is 0.854. The fourth-order valence-electron chi connectivity index (χ4n) is 2.72. The molecule has 126 valence electrons. The molecular formula is C17H22ClNO4. The molecule has 23 heavy (non-hydrogen) atoms. The number of alkyl carbamates (subject to hydrolysis) is 1. The van der Waals surface area contributed by atoms with Gasteiger partial charge in [0.1, 0.15) is 5.60 Å². The third-order valence-corrected chi connectivity index (χ3v) is 3.93. The maximum Gasteiger partial charge on any atom is 0.408 e. The van der Waals surface area contributed by atoms with E-state index in [1.807, 2.05) is 6.07 Å². The number of amides is 1. The van der Waals surface area contributed by atoms with E-state index in [1.165, 1.54) is 0 Å². The maximum absolute atomic E-state index is 12.2. The SMILES string of the molecule is CCOC(=O)[C@@H]1Cc2c(Cl)cccc2C1NC(=O)OC(C)(C)C. The Morgan fingerprint density at radius 2 is 2.04 bits per heavy atom. The Bertz CT molecular complexity index is 609. The molecule has 1 N–H and O–H groups in total. The van der Waals surface area contributed by atoms with Gasteiger partial charge < -0.3 is 14.8 Å². The van der Waals surface area contributed by atoms with Gasteiger partial charge in [0.15, 0.2) is 0 Å². The van der Waals surface area contributed by atoms with Crippen molar-refractivity contribution in [1.82, 2.24) is 5.32 Å². The monoisotopic (exact) mass is 339 g/mol. The van der Waals surface area contributed by atoms with Crippen LogP contribution >= 0.6 is 11.6 Å². The van der Waals surface area contributed by atoms with Crippen LogP contribution in [0.2, 0.25) is 5.02 Å². The second-order valence-corrected chi connectivity index (χ2v) is 6.90. The zero-order chi connectivity index (χ0) is 17.2. The molecule has 0 spiro atoms. The fraction of sp³-hybridized carbons (Fsp3) is 0.529. The molecule has 0 aromatic heterocycles. The lowest BCUT2D eigenvalue weighted by Gasteiger charge is -2.24. The topological polar surface area (TPSA) is 64.6 Å². The Labute approximate surface area is 141 Å². The molecule has 1 aliphatic carbocycles. The van der Waals surface area contributed by atoms with Crippen molar-refractivity contribution >= 4 is 23.7 Å². The number of ether oxygens (including phenoxy) is 2. The summed E-state index contributed by atoms with van der Waals surface area (Å²) in [6.45, 7) is 7.40. The van der Waals surface area contributed by atoms with Gasteiger partial charge in [0.25, 0.3) is 0 Å². The summed E-state index contributed by atoms with van der Waals surface area (Å²) in [6, 6.07) is 4.94. The highest BCUT2D eigenvalue weighted by molar-refractivity contribution is 6.31. The number of hydrogen-bond acceptors (Lipinski definition) is 4. The minimum Gasteiger partial charge on any atom is -0.466 e. The zero-order valence-corrected chi connectivity index (χ0v) is 14.6. The highest BCUT2D eigenvalue weighted by Crippen LogP contribution is 2.40. The van der Waals surface area contributed by atoms with Gasteiger partial charge in [0, 0.05) is 5.02 Å². The van der Waals surface area contributed by atoms with E-state index in [2.05, 4.69) is 5.32 Å². The lowest BCUT2D eigenvalue weighted by Crippen LogP contribution is -2.38. The molecule has 0 aliphatic heterocycles. The maximum atomic E-state index is 12.2. The normalized spacial score (nSPS) is 19.9. The largest absolute Gasteiger partial charge is 0.466 e. The Kier molecular flexibility index (Phi) is 5.19. The van der Waals surface area contributed by atoms with Gasteiger partial charge in [-0.1, -0.05) is 23.7 Å². The Hall–Kier alpha value is -1.75. The van der Waals surface area contributed by atoms with Gasteiger partial charge in [-0.3, -0.25) is 4.79 Å². The second kappa shape index (κ2) is 6.79. The fourth-order valence-corrected chi connectivity index (χ4v) is 2.98. The summed E-state index contributed by atoms with van der Waals surface area (Å²) >= 11 is 6.23. The van der Waals surface area contributed by atoms with Crippen molar-refractivity contribution in [2.45, 2.75) is 45.8 Å². The molecule has 2 rings (SSSR count). The van der Waals surface area contributed by atoms with Gasteiger partial charge in [-0.15, -0.1) is 0 Å². The van der Waals surface area contributed by atoms with Gasteiger partial charge >= 0.3 is 12.1 Å². The van der Waals surface area contributed by atoms with Gasteiger partial charge in [0.2, 0.25) is 0 Å². The number of halogens is 1. The number of carbonyl (C=O) groups is 2. The number of benzene rings is 1. The first kappa shape index (κ1) is 17.6. The van der Waals surface area contributed by atoms with E-state index in [4.69, 9.17) is 21.1 Å². The lowest BCUT2D eigenvalue weighted by atomic mass is 10.0. The minimum atomic E-state index is -0.612. The number of carbonyl (C=O) groups excluding carboxylic acids is 2. The van der Waals surface area contributed by atoms with Crippen LogP contribution in [-0.2, 0) is 20.7 Å². The molecule has 0 fully saturated rings. The molecule has 1 aromatic rings. The van der Waals surface area contributed by atoms with Crippen molar-refractivity contribution in [3.63, 3.8) is 0 Å². The van der Waals surface area contributed by atoms with E-state index in [-0.39, 0.29) is 5.97 Å². The number of esters is 1. The average Bonchev–Trinajstić information content (AvgIpc) is 2.77. The van der Waals surface area contributed by atoms with E-state index in [9.17, 15) is 9.59 Å². The van der Waals surface area contributed by atoms with E-state index >= 15 is 0 Å². The van der Waals surface area contributed by atoms with Crippen LogP contribution in [0, 0.1) is 5.92 Å². The molecule has 2 atom stereocenters.